The molecule has 0 radical (unpaired) electrons. The van der Waals surface area contributed by atoms with E-state index in [1.807, 2.05) is 0 Å². The average Bonchev–Trinajstić information content (AvgIpc) is 2.47. The molecule has 0 saturated carbocycles. The fourth-order valence-electron chi connectivity index (χ4n) is 2.53. The van der Waals surface area contributed by atoms with Crippen molar-refractivity contribution in [2.24, 2.45) is 5.73 Å². The molecule has 0 aliphatic carbocycles. The van der Waals surface area contributed by atoms with E-state index in [9.17, 15) is 5.11 Å². The maximum absolute atomic E-state index is 9.59. The summed E-state index contributed by atoms with van der Waals surface area (Å²) in [6.45, 7) is 2.13. The summed E-state index contributed by atoms with van der Waals surface area (Å²) < 4.78 is 0. The maximum atomic E-state index is 9.59. The Balaban J connectivity index is 3.10. The molecule has 4 N–H and O–H groups in total. The second kappa shape index (κ2) is 15.3. The molecule has 0 amide bonds. The highest BCUT2D eigenvalue weighted by Crippen LogP contribution is 2.13. The molecule has 3 heteroatoms. The predicted octanol–water partition coefficient (Wildman–Crippen LogP) is 3.76. The molecule has 0 aromatic rings. The zero-order valence-corrected chi connectivity index (χ0v) is 13.5. The minimum atomic E-state index is -0.539. The van der Waals surface area contributed by atoms with Crippen molar-refractivity contribution in [3.63, 3.8) is 0 Å². The van der Waals surface area contributed by atoms with Crippen LogP contribution in [0.1, 0.15) is 90.4 Å². The van der Waals surface area contributed by atoms with Gasteiger partial charge in [0.25, 0.3) is 0 Å². The van der Waals surface area contributed by atoms with Crippen molar-refractivity contribution in [2.45, 2.75) is 103 Å². The zero-order chi connectivity index (χ0) is 15.1. The molecule has 0 aromatic carbocycles. The molecular formula is C17H37NO2. The quantitative estimate of drug-likeness (QED) is 0.402. The maximum Gasteiger partial charge on any atom is 0.0713 e. The molecule has 0 spiro atoms. The third-order valence-electron chi connectivity index (χ3n) is 4.06. The lowest BCUT2D eigenvalue weighted by Crippen LogP contribution is -2.37. The van der Waals surface area contributed by atoms with Gasteiger partial charge in [-0.25, -0.2) is 0 Å². The van der Waals surface area contributed by atoms with Crippen molar-refractivity contribution in [1.82, 2.24) is 0 Å². The lowest BCUT2D eigenvalue weighted by Gasteiger charge is -2.15. The first kappa shape index (κ1) is 19.9. The van der Waals surface area contributed by atoms with Crippen LogP contribution in [-0.2, 0) is 0 Å². The summed E-state index contributed by atoms with van der Waals surface area (Å²) in [7, 11) is 0. The highest BCUT2D eigenvalue weighted by Gasteiger charge is 2.12. The topological polar surface area (TPSA) is 66.5 Å². The van der Waals surface area contributed by atoms with Crippen LogP contribution in [0.25, 0.3) is 0 Å². The van der Waals surface area contributed by atoms with Gasteiger partial charge in [0, 0.05) is 0 Å². The van der Waals surface area contributed by atoms with Crippen LogP contribution in [0.5, 0.6) is 0 Å². The Kier molecular flexibility index (Phi) is 15.2. The molecule has 3 nitrogen and oxygen atoms in total. The van der Waals surface area contributed by atoms with Crippen LogP contribution in [0.15, 0.2) is 0 Å². The molecule has 0 heterocycles. The van der Waals surface area contributed by atoms with E-state index in [2.05, 4.69) is 6.92 Å². The first-order valence-electron chi connectivity index (χ1n) is 8.76. The lowest BCUT2D eigenvalue weighted by molar-refractivity contribution is 0.0990. The van der Waals surface area contributed by atoms with E-state index in [1.54, 1.807) is 0 Å². The Bertz CT molecular complexity index is 188. The van der Waals surface area contributed by atoms with Crippen molar-refractivity contribution in [1.29, 1.82) is 0 Å². The van der Waals surface area contributed by atoms with E-state index in [0.29, 0.717) is 0 Å². The van der Waals surface area contributed by atoms with Gasteiger partial charge in [0.2, 0.25) is 0 Å². The molecule has 0 fully saturated rings. The van der Waals surface area contributed by atoms with Gasteiger partial charge in [-0.2, -0.15) is 0 Å². The van der Waals surface area contributed by atoms with Crippen molar-refractivity contribution >= 4 is 0 Å². The minimum absolute atomic E-state index is 0.126. The molecule has 0 aromatic heterocycles. The fourth-order valence-corrected chi connectivity index (χ4v) is 2.53. The number of unbranched alkanes of at least 4 members (excludes halogenated alkanes) is 11. The molecule has 122 valence electrons. The van der Waals surface area contributed by atoms with Gasteiger partial charge in [-0.15, -0.1) is 0 Å². The molecule has 0 saturated heterocycles. The van der Waals surface area contributed by atoms with Crippen LogP contribution >= 0.6 is 0 Å². The Morgan fingerprint density at radius 3 is 1.55 bits per heavy atom. The first-order chi connectivity index (χ1) is 9.72. The largest absolute Gasteiger partial charge is 0.395 e. The number of aliphatic hydroxyl groups excluding tert-OH is 2. The van der Waals surface area contributed by atoms with Crippen LogP contribution in [0.2, 0.25) is 0 Å². The highest BCUT2D eigenvalue weighted by molar-refractivity contribution is 4.70. The van der Waals surface area contributed by atoms with E-state index < -0.39 is 12.1 Å². The Labute approximate surface area is 126 Å². The second-order valence-corrected chi connectivity index (χ2v) is 6.09. The number of hydrogen-bond acceptors (Lipinski definition) is 3. The van der Waals surface area contributed by atoms with Gasteiger partial charge in [0.05, 0.1) is 18.8 Å². The Hall–Kier alpha value is -0.120. The van der Waals surface area contributed by atoms with Crippen molar-refractivity contribution < 1.29 is 10.2 Å². The van der Waals surface area contributed by atoms with Crippen LogP contribution < -0.4 is 5.73 Å². The van der Waals surface area contributed by atoms with Crippen molar-refractivity contribution in [3.8, 4) is 0 Å². The van der Waals surface area contributed by atoms with Gasteiger partial charge in [-0.3, -0.25) is 0 Å². The summed E-state index contributed by atoms with van der Waals surface area (Å²) >= 11 is 0. The van der Waals surface area contributed by atoms with Gasteiger partial charge in [-0.05, 0) is 6.42 Å². The Morgan fingerprint density at radius 1 is 0.750 bits per heavy atom. The van der Waals surface area contributed by atoms with Gasteiger partial charge in [-0.1, -0.05) is 84.0 Å². The van der Waals surface area contributed by atoms with Gasteiger partial charge < -0.3 is 15.9 Å². The van der Waals surface area contributed by atoms with E-state index in [0.717, 1.165) is 12.8 Å². The van der Waals surface area contributed by atoms with E-state index in [4.69, 9.17) is 10.8 Å². The minimum Gasteiger partial charge on any atom is -0.395 e. The number of nitrogens with two attached hydrogens (primary N) is 1. The zero-order valence-electron chi connectivity index (χ0n) is 13.5. The summed E-state index contributed by atoms with van der Waals surface area (Å²) in [6.07, 6.45) is 16.0. The molecular weight excluding hydrogens is 250 g/mol. The van der Waals surface area contributed by atoms with E-state index in [1.165, 1.54) is 70.6 Å². The lowest BCUT2D eigenvalue weighted by atomic mass is 10.0. The summed E-state index contributed by atoms with van der Waals surface area (Å²) in [6, 6.07) is -0.470. The molecule has 20 heavy (non-hydrogen) atoms. The van der Waals surface area contributed by atoms with Crippen LogP contribution in [0.4, 0.5) is 0 Å². The average molecular weight is 287 g/mol. The molecule has 0 rings (SSSR count). The summed E-state index contributed by atoms with van der Waals surface area (Å²) in [5.41, 5.74) is 5.56. The van der Waals surface area contributed by atoms with Crippen LogP contribution in [-0.4, -0.2) is 29.0 Å². The van der Waals surface area contributed by atoms with E-state index in [-0.39, 0.29) is 6.61 Å². The van der Waals surface area contributed by atoms with Gasteiger partial charge in [0.1, 0.15) is 0 Å². The SMILES string of the molecule is CCCCCCCCCCCCCC[C@@H](O)[C@@H](N)CO. The standard InChI is InChI=1S/C17H37NO2/c1-2-3-4-5-6-7-8-9-10-11-12-13-14-17(20)16(18)15-19/h16-17,19-20H,2-15,18H2,1H3/t16-,17+/m0/s1. The molecule has 0 aliphatic heterocycles. The number of aliphatic hydroxyl groups is 2. The number of hydrogen-bond donors (Lipinski definition) is 3. The van der Waals surface area contributed by atoms with Gasteiger partial charge >= 0.3 is 0 Å². The molecule has 2 atom stereocenters. The Morgan fingerprint density at radius 2 is 1.15 bits per heavy atom. The third kappa shape index (κ3) is 12.9. The predicted molar refractivity (Wildman–Crippen MR) is 86.8 cm³/mol. The van der Waals surface area contributed by atoms with Crippen molar-refractivity contribution in [2.75, 3.05) is 6.61 Å². The molecule has 0 unspecified atom stereocenters. The van der Waals surface area contributed by atoms with Crippen molar-refractivity contribution in [3.05, 3.63) is 0 Å². The van der Waals surface area contributed by atoms with Crippen LogP contribution in [0.3, 0.4) is 0 Å². The molecule has 0 aliphatic rings. The second-order valence-electron chi connectivity index (χ2n) is 6.09. The summed E-state index contributed by atoms with van der Waals surface area (Å²) in [4.78, 5) is 0. The fraction of sp³-hybridized carbons (Fsp3) is 1.00. The normalized spacial score (nSPS) is 14.4. The van der Waals surface area contributed by atoms with E-state index >= 15 is 0 Å². The monoisotopic (exact) mass is 287 g/mol. The first-order valence-corrected chi connectivity index (χ1v) is 8.76. The summed E-state index contributed by atoms with van der Waals surface area (Å²) in [5.74, 6) is 0. The van der Waals surface area contributed by atoms with Gasteiger partial charge in [0.15, 0.2) is 0 Å². The third-order valence-corrected chi connectivity index (χ3v) is 4.06. The highest BCUT2D eigenvalue weighted by atomic mass is 16.3. The summed E-state index contributed by atoms with van der Waals surface area (Å²) in [5, 5.41) is 18.4. The smallest absolute Gasteiger partial charge is 0.0713 e. The number of rotatable bonds is 15. The van der Waals surface area contributed by atoms with Crippen LogP contribution in [0, 0.1) is 0 Å². The molecule has 0 bridgehead atoms.